The average molecular weight is 271 g/mol. The van der Waals surface area contributed by atoms with Crippen LogP contribution in [0.5, 0.6) is 0 Å². The highest BCUT2D eigenvalue weighted by Gasteiger charge is 2.21. The van der Waals surface area contributed by atoms with Gasteiger partial charge in [0, 0.05) is 0 Å². The van der Waals surface area contributed by atoms with Crippen molar-refractivity contribution in [3.05, 3.63) is 5.01 Å². The van der Waals surface area contributed by atoms with Crippen LogP contribution >= 0.6 is 23.1 Å². The van der Waals surface area contributed by atoms with E-state index < -0.39 is 0 Å². The van der Waals surface area contributed by atoms with Gasteiger partial charge in [0.25, 0.3) is 0 Å². The van der Waals surface area contributed by atoms with Crippen LogP contribution in [0.15, 0.2) is 9.50 Å². The number of aromatic nitrogens is 2. The van der Waals surface area contributed by atoms with Gasteiger partial charge in [0.15, 0.2) is 4.34 Å². The fourth-order valence-corrected chi connectivity index (χ4v) is 4.24. The summed E-state index contributed by atoms with van der Waals surface area (Å²) in [6.07, 6.45) is 6.84. The summed E-state index contributed by atoms with van der Waals surface area (Å²) in [5, 5.41) is 22.0. The highest BCUT2D eigenvalue weighted by atomic mass is 32.2. The van der Waals surface area contributed by atoms with Gasteiger partial charge in [-0.3, -0.25) is 0 Å². The molecule has 1 heterocycles. The van der Waals surface area contributed by atoms with E-state index in [-0.39, 0.29) is 5.25 Å². The van der Waals surface area contributed by atoms with Crippen molar-refractivity contribution in [2.75, 3.05) is 0 Å². The second-order valence-electron chi connectivity index (χ2n) is 4.24. The SMILES string of the molecule is Cc1nnc(S[C@@H]2CCCCCC/C2=N\O)s1. The number of hydrogen-bond acceptors (Lipinski definition) is 6. The Labute approximate surface area is 110 Å². The minimum atomic E-state index is 0.271. The van der Waals surface area contributed by atoms with Gasteiger partial charge >= 0.3 is 0 Å². The van der Waals surface area contributed by atoms with Crippen LogP contribution in [0.1, 0.15) is 43.5 Å². The van der Waals surface area contributed by atoms with Gasteiger partial charge in [-0.1, -0.05) is 47.5 Å². The van der Waals surface area contributed by atoms with E-state index in [4.69, 9.17) is 5.21 Å². The maximum Gasteiger partial charge on any atom is 0.174 e. The lowest BCUT2D eigenvalue weighted by Gasteiger charge is -2.18. The Bertz CT molecular complexity index is 392. The van der Waals surface area contributed by atoms with Crippen LogP contribution < -0.4 is 0 Å². The van der Waals surface area contributed by atoms with Crippen molar-refractivity contribution < 1.29 is 5.21 Å². The van der Waals surface area contributed by atoms with Crippen LogP contribution in [0.4, 0.5) is 0 Å². The minimum Gasteiger partial charge on any atom is -0.411 e. The van der Waals surface area contributed by atoms with E-state index in [1.807, 2.05) is 6.92 Å². The fourth-order valence-electron chi connectivity index (χ4n) is 2.01. The first kappa shape index (κ1) is 12.8. The molecule has 1 aromatic rings. The Hall–Kier alpha value is -0.620. The summed E-state index contributed by atoms with van der Waals surface area (Å²) in [6, 6.07) is 0. The molecular weight excluding hydrogens is 254 g/mol. The number of thioether (sulfide) groups is 1. The molecule has 6 heteroatoms. The van der Waals surface area contributed by atoms with Crippen LogP contribution in [-0.4, -0.2) is 26.4 Å². The smallest absolute Gasteiger partial charge is 0.174 e. The lowest BCUT2D eigenvalue weighted by molar-refractivity contribution is 0.315. The maximum absolute atomic E-state index is 9.10. The van der Waals surface area contributed by atoms with Gasteiger partial charge in [-0.15, -0.1) is 10.2 Å². The molecule has 0 unspecified atom stereocenters. The molecule has 0 bridgehead atoms. The molecule has 94 valence electrons. The first-order chi connectivity index (χ1) is 8.29. The molecule has 2 rings (SSSR count). The summed E-state index contributed by atoms with van der Waals surface area (Å²) in [4.78, 5) is 0. The number of nitrogens with zero attached hydrogens (tertiary/aromatic N) is 3. The molecule has 1 fully saturated rings. The molecule has 1 aromatic heterocycles. The Kier molecular flexibility index (Phi) is 4.79. The number of aryl methyl sites for hydroxylation is 1. The molecule has 0 radical (unpaired) electrons. The molecule has 17 heavy (non-hydrogen) atoms. The molecule has 1 N–H and O–H groups in total. The summed E-state index contributed by atoms with van der Waals surface area (Å²) >= 11 is 3.30. The predicted molar refractivity (Wildman–Crippen MR) is 71.2 cm³/mol. The van der Waals surface area contributed by atoms with Gasteiger partial charge in [-0.05, 0) is 26.2 Å². The zero-order valence-corrected chi connectivity index (χ0v) is 11.6. The van der Waals surface area contributed by atoms with E-state index in [0.717, 1.165) is 34.3 Å². The van der Waals surface area contributed by atoms with Crippen molar-refractivity contribution in [2.45, 2.75) is 55.0 Å². The lowest BCUT2D eigenvalue weighted by Crippen LogP contribution is -2.19. The van der Waals surface area contributed by atoms with E-state index in [2.05, 4.69) is 15.4 Å². The minimum absolute atomic E-state index is 0.271. The first-order valence-electron chi connectivity index (χ1n) is 5.97. The molecule has 0 aliphatic heterocycles. The Balaban J connectivity index is 2.04. The number of hydrogen-bond donors (Lipinski definition) is 1. The lowest BCUT2D eigenvalue weighted by atomic mass is 9.99. The quantitative estimate of drug-likeness (QED) is 0.660. The molecule has 0 aromatic carbocycles. The second kappa shape index (κ2) is 6.35. The molecule has 1 atom stereocenters. The van der Waals surface area contributed by atoms with E-state index in [0.29, 0.717) is 0 Å². The number of oxime groups is 1. The van der Waals surface area contributed by atoms with Crippen molar-refractivity contribution in [3.8, 4) is 0 Å². The van der Waals surface area contributed by atoms with E-state index in [9.17, 15) is 0 Å². The zero-order valence-electron chi connectivity index (χ0n) is 9.93. The van der Waals surface area contributed by atoms with Crippen molar-refractivity contribution in [2.24, 2.45) is 5.16 Å². The third-order valence-electron chi connectivity index (χ3n) is 2.90. The average Bonchev–Trinajstić information content (AvgIpc) is 2.69. The van der Waals surface area contributed by atoms with Crippen LogP contribution in [0, 0.1) is 6.92 Å². The molecule has 1 aliphatic carbocycles. The summed E-state index contributed by atoms with van der Waals surface area (Å²) in [7, 11) is 0. The molecule has 1 saturated carbocycles. The summed E-state index contributed by atoms with van der Waals surface area (Å²) in [5.41, 5.74) is 0.919. The van der Waals surface area contributed by atoms with Crippen molar-refractivity contribution in [1.29, 1.82) is 0 Å². The van der Waals surface area contributed by atoms with Gasteiger partial charge < -0.3 is 5.21 Å². The highest BCUT2D eigenvalue weighted by molar-refractivity contribution is 8.02. The fraction of sp³-hybridized carbons (Fsp3) is 0.727. The topological polar surface area (TPSA) is 58.4 Å². The normalized spacial score (nSPS) is 24.5. The van der Waals surface area contributed by atoms with Crippen LogP contribution in [0.2, 0.25) is 0 Å². The third-order valence-corrected chi connectivity index (χ3v) is 5.15. The van der Waals surface area contributed by atoms with Gasteiger partial charge in [-0.2, -0.15) is 0 Å². The van der Waals surface area contributed by atoms with Gasteiger partial charge in [0.05, 0.1) is 11.0 Å². The van der Waals surface area contributed by atoms with Crippen LogP contribution in [0.25, 0.3) is 0 Å². The predicted octanol–water partition coefficient (Wildman–Crippen LogP) is 3.49. The summed E-state index contributed by atoms with van der Waals surface area (Å²) in [5.74, 6) is 0. The van der Waals surface area contributed by atoms with Crippen LogP contribution in [0.3, 0.4) is 0 Å². The largest absolute Gasteiger partial charge is 0.411 e. The highest BCUT2D eigenvalue weighted by Crippen LogP contribution is 2.32. The van der Waals surface area contributed by atoms with E-state index in [1.165, 1.54) is 19.3 Å². The molecular formula is C11H17N3OS2. The second-order valence-corrected chi connectivity index (χ2v) is 6.87. The Morgan fingerprint density at radius 2 is 2.12 bits per heavy atom. The van der Waals surface area contributed by atoms with Crippen molar-refractivity contribution in [1.82, 2.24) is 10.2 Å². The van der Waals surface area contributed by atoms with Gasteiger partial charge in [-0.25, -0.2) is 0 Å². The summed E-state index contributed by atoms with van der Waals surface area (Å²) < 4.78 is 0.981. The first-order valence-corrected chi connectivity index (χ1v) is 7.67. The molecule has 0 spiro atoms. The van der Waals surface area contributed by atoms with Gasteiger partial charge in [0.1, 0.15) is 5.01 Å². The van der Waals surface area contributed by atoms with Crippen LogP contribution in [-0.2, 0) is 0 Å². The maximum atomic E-state index is 9.10. The van der Waals surface area contributed by atoms with Crippen molar-refractivity contribution >= 4 is 28.8 Å². The molecule has 0 amide bonds. The Morgan fingerprint density at radius 3 is 2.82 bits per heavy atom. The van der Waals surface area contributed by atoms with Crippen molar-refractivity contribution in [3.63, 3.8) is 0 Å². The van der Waals surface area contributed by atoms with E-state index >= 15 is 0 Å². The number of rotatable bonds is 2. The monoisotopic (exact) mass is 271 g/mol. The van der Waals surface area contributed by atoms with Gasteiger partial charge in [0.2, 0.25) is 0 Å². The molecule has 4 nitrogen and oxygen atoms in total. The molecule has 1 aliphatic rings. The zero-order chi connectivity index (χ0) is 12.1. The van der Waals surface area contributed by atoms with E-state index in [1.54, 1.807) is 23.1 Å². The Morgan fingerprint density at radius 1 is 1.29 bits per heavy atom. The third kappa shape index (κ3) is 3.67. The molecule has 0 saturated heterocycles. The standard InChI is InChI=1S/C11H17N3OS2/c1-8-12-13-11(16-8)17-10-7-5-3-2-4-6-9(10)14-15/h10,15H,2-7H2,1H3/b14-9+/t10-/m1/s1. The summed E-state index contributed by atoms with van der Waals surface area (Å²) in [6.45, 7) is 1.96.